The Morgan fingerprint density at radius 1 is 1.04 bits per heavy atom. The van der Waals surface area contributed by atoms with Crippen molar-refractivity contribution in [1.29, 1.82) is 0 Å². The van der Waals surface area contributed by atoms with Gasteiger partial charge in [0.15, 0.2) is 5.13 Å². The maximum Gasteiger partial charge on any atom is 0.257 e. The smallest absolute Gasteiger partial charge is 0.257 e. The van der Waals surface area contributed by atoms with Crippen LogP contribution < -0.4 is 10.6 Å². The van der Waals surface area contributed by atoms with Crippen molar-refractivity contribution in [2.75, 3.05) is 5.32 Å². The second kappa shape index (κ2) is 9.09. The Balaban J connectivity index is 1.44. The van der Waals surface area contributed by atoms with Crippen LogP contribution in [0.2, 0.25) is 0 Å². The normalized spacial score (nSPS) is 10.4. The van der Waals surface area contributed by atoms with Crippen LogP contribution >= 0.6 is 11.3 Å². The van der Waals surface area contributed by atoms with Gasteiger partial charge in [-0.25, -0.2) is 4.98 Å². The molecule has 1 aromatic heterocycles. The van der Waals surface area contributed by atoms with Crippen molar-refractivity contribution in [3.8, 4) is 0 Å². The van der Waals surface area contributed by atoms with Gasteiger partial charge in [-0.3, -0.25) is 14.9 Å². The first kappa shape index (κ1) is 18.8. The first-order valence-corrected chi connectivity index (χ1v) is 9.61. The summed E-state index contributed by atoms with van der Waals surface area (Å²) in [6.45, 7) is 2.56. The Labute approximate surface area is 162 Å². The molecule has 0 aliphatic carbocycles. The third-order valence-electron chi connectivity index (χ3n) is 4.03. The van der Waals surface area contributed by atoms with Gasteiger partial charge in [0.1, 0.15) is 0 Å². The van der Waals surface area contributed by atoms with Gasteiger partial charge in [-0.15, -0.1) is 11.3 Å². The zero-order valence-corrected chi connectivity index (χ0v) is 15.9. The molecule has 2 amide bonds. The van der Waals surface area contributed by atoms with Crippen LogP contribution in [0.15, 0.2) is 60.0 Å². The summed E-state index contributed by atoms with van der Waals surface area (Å²) >= 11 is 1.36. The van der Waals surface area contributed by atoms with Crippen LogP contribution in [-0.4, -0.2) is 16.8 Å². The molecule has 2 aromatic carbocycles. The van der Waals surface area contributed by atoms with Crippen LogP contribution in [0.5, 0.6) is 0 Å². The van der Waals surface area contributed by atoms with E-state index in [1.807, 2.05) is 54.8 Å². The van der Waals surface area contributed by atoms with Crippen molar-refractivity contribution in [1.82, 2.24) is 10.3 Å². The highest BCUT2D eigenvalue weighted by atomic mass is 32.1. The van der Waals surface area contributed by atoms with Crippen LogP contribution in [0.25, 0.3) is 0 Å². The van der Waals surface area contributed by atoms with Crippen molar-refractivity contribution in [2.24, 2.45) is 0 Å². The summed E-state index contributed by atoms with van der Waals surface area (Å²) in [7, 11) is 0. The summed E-state index contributed by atoms with van der Waals surface area (Å²) in [5.74, 6) is -0.203. The molecule has 0 saturated carbocycles. The average molecular weight is 379 g/mol. The van der Waals surface area contributed by atoms with E-state index < -0.39 is 0 Å². The highest BCUT2D eigenvalue weighted by Gasteiger charge is 2.10. The molecule has 0 saturated heterocycles. The Bertz CT molecular complexity index is 905. The first-order valence-electron chi connectivity index (χ1n) is 8.73. The lowest BCUT2D eigenvalue weighted by molar-refractivity contribution is -0.121. The van der Waals surface area contributed by atoms with Gasteiger partial charge in [0.05, 0.1) is 5.69 Å². The van der Waals surface area contributed by atoms with Crippen LogP contribution in [0.3, 0.4) is 0 Å². The number of nitrogens with one attached hydrogen (secondary N) is 2. The number of anilines is 1. The molecule has 0 unspecified atom stereocenters. The van der Waals surface area contributed by atoms with E-state index in [4.69, 9.17) is 0 Å². The average Bonchev–Trinajstić information content (AvgIpc) is 3.14. The Morgan fingerprint density at radius 2 is 1.78 bits per heavy atom. The molecule has 27 heavy (non-hydrogen) atoms. The second-order valence-corrected chi connectivity index (χ2v) is 7.08. The van der Waals surface area contributed by atoms with Gasteiger partial charge in [0, 0.05) is 23.9 Å². The van der Waals surface area contributed by atoms with Gasteiger partial charge >= 0.3 is 0 Å². The molecule has 0 bridgehead atoms. The maximum atomic E-state index is 12.1. The Kier molecular flexibility index (Phi) is 6.33. The Hall–Kier alpha value is -2.99. The van der Waals surface area contributed by atoms with Crippen molar-refractivity contribution >= 4 is 28.3 Å². The third kappa shape index (κ3) is 5.76. The highest BCUT2D eigenvalue weighted by molar-refractivity contribution is 7.14. The summed E-state index contributed by atoms with van der Waals surface area (Å²) in [5.41, 5.74) is 3.66. The standard InChI is InChI=1S/C21H21N3O2S/c1-15-7-9-16(10-8-15)13-22-19(25)12-11-18-14-27-21(23-18)24-20(26)17-5-3-2-4-6-17/h2-10,14H,11-13H2,1H3,(H,22,25)(H,23,24,26). The van der Waals surface area contributed by atoms with Gasteiger partial charge in [0.25, 0.3) is 5.91 Å². The number of hydrogen-bond acceptors (Lipinski definition) is 4. The maximum absolute atomic E-state index is 12.1. The van der Waals surface area contributed by atoms with Gasteiger partial charge in [-0.2, -0.15) is 0 Å². The molecule has 138 valence electrons. The number of thiazole rings is 1. The van der Waals surface area contributed by atoms with Crippen molar-refractivity contribution < 1.29 is 9.59 Å². The van der Waals surface area contributed by atoms with Crippen LogP contribution in [0, 0.1) is 6.92 Å². The van der Waals surface area contributed by atoms with E-state index in [1.165, 1.54) is 16.9 Å². The Morgan fingerprint density at radius 3 is 2.52 bits per heavy atom. The highest BCUT2D eigenvalue weighted by Crippen LogP contribution is 2.17. The predicted molar refractivity (Wildman–Crippen MR) is 108 cm³/mol. The minimum Gasteiger partial charge on any atom is -0.352 e. The summed E-state index contributed by atoms with van der Waals surface area (Å²) in [4.78, 5) is 28.5. The van der Waals surface area contributed by atoms with E-state index in [-0.39, 0.29) is 11.8 Å². The molecule has 3 rings (SSSR count). The largest absolute Gasteiger partial charge is 0.352 e. The van der Waals surface area contributed by atoms with Crippen molar-refractivity contribution in [3.63, 3.8) is 0 Å². The van der Waals surface area contributed by atoms with Gasteiger partial charge in [-0.05, 0) is 31.0 Å². The number of carbonyl (C=O) groups is 2. The van der Waals surface area contributed by atoms with E-state index in [0.29, 0.717) is 30.1 Å². The molecule has 2 N–H and O–H groups in total. The SMILES string of the molecule is Cc1ccc(CNC(=O)CCc2csc(NC(=O)c3ccccc3)n2)cc1. The number of aryl methyl sites for hydroxylation is 2. The van der Waals surface area contributed by atoms with Gasteiger partial charge in [-0.1, -0.05) is 48.0 Å². The molecule has 5 nitrogen and oxygen atoms in total. The number of benzene rings is 2. The monoisotopic (exact) mass is 379 g/mol. The van der Waals surface area contributed by atoms with Crippen molar-refractivity contribution in [3.05, 3.63) is 82.4 Å². The molecule has 0 radical (unpaired) electrons. The molecular weight excluding hydrogens is 358 g/mol. The topological polar surface area (TPSA) is 71.1 Å². The summed E-state index contributed by atoms with van der Waals surface area (Å²) in [6.07, 6.45) is 0.902. The summed E-state index contributed by atoms with van der Waals surface area (Å²) in [5, 5.41) is 8.11. The fraction of sp³-hybridized carbons (Fsp3) is 0.190. The number of aromatic nitrogens is 1. The van der Waals surface area contributed by atoms with Crippen LogP contribution in [0.4, 0.5) is 5.13 Å². The molecule has 0 aliphatic heterocycles. The van der Waals surface area contributed by atoms with E-state index in [2.05, 4.69) is 15.6 Å². The molecule has 6 heteroatoms. The molecule has 0 atom stereocenters. The van der Waals surface area contributed by atoms with Gasteiger partial charge < -0.3 is 5.32 Å². The third-order valence-corrected chi connectivity index (χ3v) is 4.83. The lowest BCUT2D eigenvalue weighted by Crippen LogP contribution is -2.23. The van der Waals surface area contributed by atoms with Crippen molar-refractivity contribution in [2.45, 2.75) is 26.3 Å². The predicted octanol–water partition coefficient (Wildman–Crippen LogP) is 3.95. The number of nitrogens with zero attached hydrogens (tertiary/aromatic N) is 1. The summed E-state index contributed by atoms with van der Waals surface area (Å²) in [6, 6.07) is 17.1. The lowest BCUT2D eigenvalue weighted by Gasteiger charge is -2.05. The zero-order chi connectivity index (χ0) is 19.1. The second-order valence-electron chi connectivity index (χ2n) is 6.23. The minimum absolute atomic E-state index is 0.0153. The zero-order valence-electron chi connectivity index (χ0n) is 15.1. The fourth-order valence-electron chi connectivity index (χ4n) is 2.47. The number of amides is 2. The van der Waals surface area contributed by atoms with E-state index in [0.717, 1.165) is 11.3 Å². The molecule has 1 heterocycles. The molecular formula is C21H21N3O2S. The fourth-order valence-corrected chi connectivity index (χ4v) is 3.21. The number of carbonyl (C=O) groups excluding carboxylic acids is 2. The summed E-state index contributed by atoms with van der Waals surface area (Å²) < 4.78 is 0. The quantitative estimate of drug-likeness (QED) is 0.653. The minimum atomic E-state index is -0.188. The molecule has 0 aliphatic rings. The number of hydrogen-bond donors (Lipinski definition) is 2. The van der Waals surface area contributed by atoms with E-state index in [1.54, 1.807) is 12.1 Å². The van der Waals surface area contributed by atoms with Crippen LogP contribution in [-0.2, 0) is 17.8 Å². The number of rotatable bonds is 7. The van der Waals surface area contributed by atoms with E-state index in [9.17, 15) is 9.59 Å². The molecule has 3 aromatic rings. The van der Waals surface area contributed by atoms with Crippen LogP contribution in [0.1, 0.15) is 33.6 Å². The van der Waals surface area contributed by atoms with E-state index >= 15 is 0 Å². The molecule has 0 fully saturated rings. The lowest BCUT2D eigenvalue weighted by atomic mass is 10.1. The first-order chi connectivity index (χ1) is 13.1. The molecule has 0 spiro atoms. The van der Waals surface area contributed by atoms with Gasteiger partial charge in [0.2, 0.25) is 5.91 Å².